The maximum absolute atomic E-state index is 12.6. The van der Waals surface area contributed by atoms with Crippen LogP contribution >= 0.6 is 0 Å². The van der Waals surface area contributed by atoms with E-state index in [1.165, 1.54) is 39.5 Å². The Balaban J connectivity index is 1.09. The summed E-state index contributed by atoms with van der Waals surface area (Å²) >= 11 is 0. The molecule has 0 saturated carbocycles. The molecule has 0 spiro atoms. The van der Waals surface area contributed by atoms with E-state index in [0.29, 0.717) is 58.9 Å². The van der Waals surface area contributed by atoms with Crippen molar-refractivity contribution in [1.29, 1.82) is 0 Å². The molecule has 2 aromatic heterocycles. The number of rotatable bonds is 17. The fourth-order valence-corrected chi connectivity index (χ4v) is 4.94. The van der Waals surface area contributed by atoms with Crippen LogP contribution in [0.25, 0.3) is 23.1 Å². The second-order valence-electron chi connectivity index (χ2n) is 10.7. The van der Waals surface area contributed by atoms with Crippen LogP contribution in [0.3, 0.4) is 0 Å². The molecule has 0 fully saturated rings. The largest absolute Gasteiger partial charge is 0.493 e. The minimum Gasteiger partial charge on any atom is -0.493 e. The number of unbranched alkanes of at least 4 members (excludes halogenated alkanes) is 1. The standard InChI is InChI=1S/C37H37N3O9/c1-43-33-19-25(11-14-28(41)15-12-26-20-34(44-2)37(46-4)35(21-26)45-3)13-16-31(33)48-24-27-23-40(39-38-27)17-7-8-18-47-32-22-36(42)49-30-10-6-5-9-29(30)32/h5-6,9-16,19-23H,7-8,17-18,24H2,1-4H3/b14-11+,15-12+. The summed E-state index contributed by atoms with van der Waals surface area (Å²) in [6.07, 6.45) is 9.69. The van der Waals surface area contributed by atoms with Crippen molar-refractivity contribution in [3.63, 3.8) is 0 Å². The quantitative estimate of drug-likeness (QED) is 0.0642. The Morgan fingerprint density at radius 2 is 1.49 bits per heavy atom. The van der Waals surface area contributed by atoms with E-state index in [9.17, 15) is 9.59 Å². The summed E-state index contributed by atoms with van der Waals surface area (Å²) in [4.78, 5) is 24.4. The maximum Gasteiger partial charge on any atom is 0.339 e. The van der Waals surface area contributed by atoms with Gasteiger partial charge in [0.05, 0.1) is 52.7 Å². The molecule has 5 aromatic rings. The highest BCUT2D eigenvalue weighted by Crippen LogP contribution is 2.38. The van der Waals surface area contributed by atoms with Gasteiger partial charge in [-0.15, -0.1) is 5.10 Å². The van der Waals surface area contributed by atoms with Crippen LogP contribution in [0.15, 0.2) is 88.2 Å². The molecular weight excluding hydrogens is 630 g/mol. The first kappa shape index (κ1) is 34.3. The average Bonchev–Trinajstić information content (AvgIpc) is 3.59. The maximum atomic E-state index is 12.6. The van der Waals surface area contributed by atoms with Gasteiger partial charge in [0.2, 0.25) is 5.75 Å². The highest BCUT2D eigenvalue weighted by molar-refractivity contribution is 6.04. The number of aryl methyl sites for hydroxylation is 1. The van der Waals surface area contributed by atoms with Crippen LogP contribution < -0.4 is 34.0 Å². The van der Waals surface area contributed by atoms with Crippen LogP contribution in [0, 0.1) is 0 Å². The number of benzene rings is 3. The number of carbonyl (C=O) groups excluding carboxylic acids is 1. The smallest absolute Gasteiger partial charge is 0.339 e. The second kappa shape index (κ2) is 16.7. The average molecular weight is 668 g/mol. The number of allylic oxidation sites excluding steroid dienone is 2. The third-order valence-corrected chi connectivity index (χ3v) is 7.37. The van der Waals surface area contributed by atoms with Gasteiger partial charge in [0.15, 0.2) is 28.8 Å². The zero-order chi connectivity index (χ0) is 34.6. The molecule has 0 atom stereocenters. The van der Waals surface area contributed by atoms with Crippen molar-refractivity contribution in [2.24, 2.45) is 0 Å². The molecule has 254 valence electrons. The summed E-state index contributed by atoms with van der Waals surface area (Å²) in [5.41, 5.74) is 2.20. The van der Waals surface area contributed by atoms with Gasteiger partial charge in [-0.3, -0.25) is 9.48 Å². The number of nitrogens with zero attached hydrogens (tertiary/aromatic N) is 3. The van der Waals surface area contributed by atoms with E-state index in [0.717, 1.165) is 29.4 Å². The first-order valence-electron chi connectivity index (χ1n) is 15.5. The molecule has 0 N–H and O–H groups in total. The molecule has 3 aromatic carbocycles. The number of para-hydroxylation sites is 1. The molecule has 0 bridgehead atoms. The first-order valence-corrected chi connectivity index (χ1v) is 15.5. The van der Waals surface area contributed by atoms with Gasteiger partial charge in [0, 0.05) is 6.54 Å². The highest BCUT2D eigenvalue weighted by Gasteiger charge is 2.13. The molecule has 0 amide bonds. The third kappa shape index (κ3) is 9.07. The lowest BCUT2D eigenvalue weighted by molar-refractivity contribution is -0.110. The van der Waals surface area contributed by atoms with Crippen molar-refractivity contribution in [1.82, 2.24) is 15.0 Å². The van der Waals surface area contributed by atoms with E-state index >= 15 is 0 Å². The molecule has 0 aliphatic carbocycles. The summed E-state index contributed by atoms with van der Waals surface area (Å²) in [7, 11) is 6.16. The fraction of sp³-hybridized carbons (Fsp3) is 0.243. The van der Waals surface area contributed by atoms with E-state index in [4.69, 9.17) is 32.8 Å². The van der Waals surface area contributed by atoms with Gasteiger partial charge in [-0.25, -0.2) is 4.79 Å². The number of methoxy groups -OCH3 is 4. The van der Waals surface area contributed by atoms with Gasteiger partial charge in [0.25, 0.3) is 0 Å². The zero-order valence-electron chi connectivity index (χ0n) is 27.7. The lowest BCUT2D eigenvalue weighted by atomic mass is 10.1. The summed E-state index contributed by atoms with van der Waals surface area (Å²) in [6.45, 7) is 1.29. The van der Waals surface area contributed by atoms with E-state index in [1.54, 1.807) is 54.3 Å². The summed E-state index contributed by atoms with van der Waals surface area (Å²) in [5, 5.41) is 9.16. The van der Waals surface area contributed by atoms with Gasteiger partial charge >= 0.3 is 5.63 Å². The number of aromatic nitrogens is 3. The van der Waals surface area contributed by atoms with Crippen molar-refractivity contribution < 1.29 is 37.6 Å². The number of carbonyl (C=O) groups is 1. The summed E-state index contributed by atoms with van der Waals surface area (Å²) < 4.78 is 40.4. The Labute approximate surface area is 283 Å². The van der Waals surface area contributed by atoms with Crippen LogP contribution in [0.2, 0.25) is 0 Å². The number of ether oxygens (including phenoxy) is 6. The van der Waals surface area contributed by atoms with Crippen LogP contribution in [-0.4, -0.2) is 55.8 Å². The van der Waals surface area contributed by atoms with Gasteiger partial charge in [-0.05, 0) is 72.5 Å². The Kier molecular flexibility index (Phi) is 11.7. The van der Waals surface area contributed by atoms with Crippen LogP contribution in [0.4, 0.5) is 0 Å². The van der Waals surface area contributed by atoms with Gasteiger partial charge in [-0.2, -0.15) is 0 Å². The SMILES string of the molecule is COc1cc(/C=C/C(=O)/C=C/c2cc(OC)c(OC)c(OC)c2)ccc1OCc1cn(CCCCOc2cc(=O)oc3ccccc23)nn1. The van der Waals surface area contributed by atoms with E-state index < -0.39 is 5.63 Å². The minimum atomic E-state index is -0.442. The third-order valence-electron chi connectivity index (χ3n) is 7.37. The molecular formula is C37H37N3O9. The van der Waals surface area contributed by atoms with Crippen molar-refractivity contribution in [3.8, 4) is 34.5 Å². The predicted octanol–water partition coefficient (Wildman–Crippen LogP) is 6.15. The van der Waals surface area contributed by atoms with Crippen molar-refractivity contribution in [2.45, 2.75) is 26.0 Å². The summed E-state index contributed by atoms with van der Waals surface area (Å²) in [5.74, 6) is 2.83. The van der Waals surface area contributed by atoms with Gasteiger partial charge in [0.1, 0.15) is 23.6 Å². The molecule has 12 nitrogen and oxygen atoms in total. The second-order valence-corrected chi connectivity index (χ2v) is 10.7. The first-order chi connectivity index (χ1) is 23.9. The number of hydrogen-bond donors (Lipinski definition) is 0. The van der Waals surface area contributed by atoms with Crippen LogP contribution in [0.5, 0.6) is 34.5 Å². The summed E-state index contributed by atoms with van der Waals surface area (Å²) in [6, 6.07) is 17.6. The monoisotopic (exact) mass is 667 g/mol. The molecule has 0 aliphatic heterocycles. The minimum absolute atomic E-state index is 0.197. The van der Waals surface area contributed by atoms with Gasteiger partial charge in [-0.1, -0.05) is 35.6 Å². The van der Waals surface area contributed by atoms with Gasteiger partial charge < -0.3 is 32.8 Å². The van der Waals surface area contributed by atoms with Crippen molar-refractivity contribution in [3.05, 3.63) is 106 Å². The van der Waals surface area contributed by atoms with Crippen LogP contribution in [0.1, 0.15) is 29.7 Å². The zero-order valence-corrected chi connectivity index (χ0v) is 27.7. The Morgan fingerprint density at radius 1 is 0.776 bits per heavy atom. The molecule has 2 heterocycles. The topological polar surface area (TPSA) is 133 Å². The molecule has 49 heavy (non-hydrogen) atoms. The van der Waals surface area contributed by atoms with E-state index in [2.05, 4.69) is 10.3 Å². The van der Waals surface area contributed by atoms with E-state index in [1.807, 2.05) is 30.5 Å². The number of hydrogen-bond acceptors (Lipinski definition) is 11. The predicted molar refractivity (Wildman–Crippen MR) is 184 cm³/mol. The highest BCUT2D eigenvalue weighted by atomic mass is 16.5. The fourth-order valence-electron chi connectivity index (χ4n) is 4.94. The van der Waals surface area contributed by atoms with E-state index in [-0.39, 0.29) is 12.4 Å². The Hall–Kier alpha value is -6.04. The molecule has 12 heteroatoms. The molecule has 0 unspecified atom stereocenters. The lowest BCUT2D eigenvalue weighted by Gasteiger charge is -2.12. The van der Waals surface area contributed by atoms with Crippen LogP contribution in [-0.2, 0) is 17.9 Å². The molecule has 0 saturated heterocycles. The number of ketones is 1. The lowest BCUT2D eigenvalue weighted by Crippen LogP contribution is -2.05. The molecule has 0 aliphatic rings. The van der Waals surface area contributed by atoms with Crippen molar-refractivity contribution in [2.75, 3.05) is 35.0 Å². The molecule has 5 rings (SSSR count). The number of fused-ring (bicyclic) bond motifs is 1. The Morgan fingerprint density at radius 3 is 2.22 bits per heavy atom. The Bertz CT molecular complexity index is 1990. The van der Waals surface area contributed by atoms with Crippen molar-refractivity contribution >= 4 is 28.9 Å². The molecule has 0 radical (unpaired) electrons. The normalized spacial score (nSPS) is 11.3.